The molecular formula is C12H16N2O3. The van der Waals surface area contributed by atoms with Crippen molar-refractivity contribution < 1.29 is 14.3 Å². The molecular weight excluding hydrogens is 220 g/mol. The van der Waals surface area contributed by atoms with Gasteiger partial charge in [0.05, 0.1) is 7.11 Å². The van der Waals surface area contributed by atoms with E-state index in [2.05, 4.69) is 10.5 Å². The first-order chi connectivity index (χ1) is 8.11. The quantitative estimate of drug-likeness (QED) is 0.623. The lowest BCUT2D eigenvalue weighted by Gasteiger charge is -2.06. The van der Waals surface area contributed by atoms with E-state index in [1.54, 1.807) is 45.2 Å². The first kappa shape index (κ1) is 13.0. The predicted molar refractivity (Wildman–Crippen MR) is 65.4 cm³/mol. The van der Waals surface area contributed by atoms with Gasteiger partial charge in [-0.2, -0.15) is 5.10 Å². The van der Waals surface area contributed by atoms with Crippen molar-refractivity contribution in [1.82, 2.24) is 5.43 Å². The Hall–Kier alpha value is -2.04. The number of nitrogens with zero attached hydrogens (tertiary/aromatic N) is 1. The molecule has 0 unspecified atom stereocenters. The fourth-order valence-electron chi connectivity index (χ4n) is 1.05. The molecule has 0 saturated carbocycles. The van der Waals surface area contributed by atoms with Gasteiger partial charge in [0.1, 0.15) is 11.5 Å². The minimum atomic E-state index is -0.297. The Labute approximate surface area is 100 Å². The molecule has 5 nitrogen and oxygen atoms in total. The van der Waals surface area contributed by atoms with E-state index in [-0.39, 0.29) is 12.5 Å². The Kier molecular flexibility index (Phi) is 5.00. The third-order valence-corrected chi connectivity index (χ3v) is 1.82. The predicted octanol–water partition coefficient (Wildman–Crippen LogP) is 1.59. The largest absolute Gasteiger partial charge is 0.497 e. The van der Waals surface area contributed by atoms with Gasteiger partial charge in [-0.05, 0) is 26.0 Å². The lowest BCUT2D eigenvalue weighted by Crippen LogP contribution is -2.25. The summed E-state index contributed by atoms with van der Waals surface area (Å²) in [4.78, 5) is 11.3. The number of amides is 1. The normalized spacial score (nSPS) is 9.35. The summed E-state index contributed by atoms with van der Waals surface area (Å²) < 4.78 is 10.3. The van der Waals surface area contributed by atoms with Crippen LogP contribution in [0.1, 0.15) is 13.8 Å². The maximum atomic E-state index is 11.3. The SMILES string of the molecule is COc1cccc(OCC(=O)NN=C(C)C)c1. The van der Waals surface area contributed by atoms with Crippen molar-refractivity contribution in [2.45, 2.75) is 13.8 Å². The van der Waals surface area contributed by atoms with Gasteiger partial charge in [0.15, 0.2) is 6.61 Å². The van der Waals surface area contributed by atoms with Crippen LogP contribution in [0.5, 0.6) is 11.5 Å². The van der Waals surface area contributed by atoms with Gasteiger partial charge in [-0.15, -0.1) is 0 Å². The van der Waals surface area contributed by atoms with Gasteiger partial charge < -0.3 is 9.47 Å². The Morgan fingerprint density at radius 3 is 2.71 bits per heavy atom. The third kappa shape index (κ3) is 5.01. The number of ether oxygens (including phenoxy) is 2. The molecule has 1 N–H and O–H groups in total. The highest BCUT2D eigenvalue weighted by Crippen LogP contribution is 2.18. The average molecular weight is 236 g/mol. The topological polar surface area (TPSA) is 59.9 Å². The van der Waals surface area contributed by atoms with Gasteiger partial charge in [-0.1, -0.05) is 6.07 Å². The smallest absolute Gasteiger partial charge is 0.277 e. The van der Waals surface area contributed by atoms with Gasteiger partial charge in [0, 0.05) is 11.8 Å². The Bertz CT molecular complexity index is 412. The zero-order valence-corrected chi connectivity index (χ0v) is 10.2. The van der Waals surface area contributed by atoms with E-state index in [4.69, 9.17) is 9.47 Å². The molecule has 0 aliphatic rings. The number of methoxy groups -OCH3 is 1. The molecule has 5 heteroatoms. The second-order valence-corrected chi connectivity index (χ2v) is 3.56. The van der Waals surface area contributed by atoms with Crippen molar-refractivity contribution in [3.05, 3.63) is 24.3 Å². The van der Waals surface area contributed by atoms with E-state index in [0.29, 0.717) is 11.5 Å². The fourth-order valence-corrected chi connectivity index (χ4v) is 1.05. The molecule has 17 heavy (non-hydrogen) atoms. The van der Waals surface area contributed by atoms with Crippen LogP contribution in [0.4, 0.5) is 0 Å². The minimum Gasteiger partial charge on any atom is -0.497 e. The molecule has 0 aliphatic carbocycles. The number of hydrogen-bond donors (Lipinski definition) is 1. The van der Waals surface area contributed by atoms with Gasteiger partial charge in [0.25, 0.3) is 5.91 Å². The Morgan fingerprint density at radius 1 is 1.35 bits per heavy atom. The monoisotopic (exact) mass is 236 g/mol. The molecule has 0 radical (unpaired) electrons. The fraction of sp³-hybridized carbons (Fsp3) is 0.333. The lowest BCUT2D eigenvalue weighted by molar-refractivity contribution is -0.123. The maximum Gasteiger partial charge on any atom is 0.277 e. The average Bonchev–Trinajstić information content (AvgIpc) is 2.34. The van der Waals surface area contributed by atoms with E-state index in [0.717, 1.165) is 5.71 Å². The summed E-state index contributed by atoms with van der Waals surface area (Å²) in [7, 11) is 1.57. The number of hydrazone groups is 1. The zero-order valence-electron chi connectivity index (χ0n) is 10.2. The molecule has 1 amide bonds. The van der Waals surface area contributed by atoms with Crippen LogP contribution in [0.3, 0.4) is 0 Å². The van der Waals surface area contributed by atoms with Gasteiger partial charge >= 0.3 is 0 Å². The van der Waals surface area contributed by atoms with Gasteiger partial charge in [0.2, 0.25) is 0 Å². The molecule has 1 rings (SSSR count). The minimum absolute atomic E-state index is 0.0794. The van der Waals surface area contributed by atoms with Crippen LogP contribution in [0, 0.1) is 0 Å². The van der Waals surface area contributed by atoms with Gasteiger partial charge in [-0.3, -0.25) is 4.79 Å². The molecule has 0 bridgehead atoms. The van der Waals surface area contributed by atoms with Crippen molar-refractivity contribution in [2.75, 3.05) is 13.7 Å². The molecule has 1 aromatic rings. The van der Waals surface area contributed by atoms with E-state index in [9.17, 15) is 4.79 Å². The number of carbonyl (C=O) groups is 1. The van der Waals surface area contributed by atoms with Crippen LogP contribution >= 0.6 is 0 Å². The summed E-state index contributed by atoms with van der Waals surface area (Å²) in [5, 5.41) is 3.78. The molecule has 0 atom stereocenters. The van der Waals surface area contributed by atoms with Crippen LogP contribution in [0.2, 0.25) is 0 Å². The van der Waals surface area contributed by atoms with Crippen LogP contribution in [-0.4, -0.2) is 25.3 Å². The standard InChI is InChI=1S/C12H16N2O3/c1-9(2)13-14-12(15)8-17-11-6-4-5-10(7-11)16-3/h4-7H,8H2,1-3H3,(H,14,15). The molecule has 1 aromatic carbocycles. The van der Waals surface area contributed by atoms with Crippen LogP contribution < -0.4 is 14.9 Å². The highest BCUT2D eigenvalue weighted by molar-refractivity contribution is 5.83. The first-order valence-corrected chi connectivity index (χ1v) is 5.18. The van der Waals surface area contributed by atoms with Gasteiger partial charge in [-0.25, -0.2) is 5.43 Å². The third-order valence-electron chi connectivity index (χ3n) is 1.82. The highest BCUT2D eigenvalue weighted by atomic mass is 16.5. The summed E-state index contributed by atoms with van der Waals surface area (Å²) in [6.07, 6.45) is 0. The lowest BCUT2D eigenvalue weighted by atomic mass is 10.3. The van der Waals surface area contributed by atoms with E-state index < -0.39 is 0 Å². The summed E-state index contributed by atoms with van der Waals surface area (Å²) in [6, 6.07) is 7.06. The summed E-state index contributed by atoms with van der Waals surface area (Å²) in [6.45, 7) is 3.51. The van der Waals surface area contributed by atoms with Crippen LogP contribution in [0.25, 0.3) is 0 Å². The first-order valence-electron chi connectivity index (χ1n) is 5.18. The van der Waals surface area contributed by atoms with Crippen molar-refractivity contribution in [1.29, 1.82) is 0 Å². The van der Waals surface area contributed by atoms with Crippen molar-refractivity contribution in [3.8, 4) is 11.5 Å². The van der Waals surface area contributed by atoms with E-state index >= 15 is 0 Å². The number of hydrogen-bond acceptors (Lipinski definition) is 4. The van der Waals surface area contributed by atoms with Crippen molar-refractivity contribution in [3.63, 3.8) is 0 Å². The number of benzene rings is 1. The van der Waals surface area contributed by atoms with Crippen LogP contribution in [0.15, 0.2) is 29.4 Å². The van der Waals surface area contributed by atoms with Crippen molar-refractivity contribution in [2.24, 2.45) is 5.10 Å². The number of rotatable bonds is 5. The maximum absolute atomic E-state index is 11.3. The van der Waals surface area contributed by atoms with Crippen LogP contribution in [-0.2, 0) is 4.79 Å². The number of carbonyl (C=O) groups excluding carboxylic acids is 1. The molecule has 0 aliphatic heterocycles. The molecule has 0 spiro atoms. The molecule has 0 heterocycles. The molecule has 0 saturated heterocycles. The molecule has 0 fully saturated rings. The molecule has 92 valence electrons. The van der Waals surface area contributed by atoms with E-state index in [1.807, 2.05) is 0 Å². The molecule has 0 aromatic heterocycles. The zero-order chi connectivity index (χ0) is 12.7. The summed E-state index contributed by atoms with van der Waals surface area (Å²) >= 11 is 0. The Balaban J connectivity index is 2.44. The van der Waals surface area contributed by atoms with Crippen molar-refractivity contribution >= 4 is 11.6 Å². The summed E-state index contributed by atoms with van der Waals surface area (Å²) in [5.74, 6) is 0.969. The summed E-state index contributed by atoms with van der Waals surface area (Å²) in [5.41, 5.74) is 3.15. The highest BCUT2D eigenvalue weighted by Gasteiger charge is 2.02. The Morgan fingerprint density at radius 2 is 2.06 bits per heavy atom. The second kappa shape index (κ2) is 6.52. The second-order valence-electron chi connectivity index (χ2n) is 3.56. The number of nitrogens with one attached hydrogen (secondary N) is 1. The van der Waals surface area contributed by atoms with E-state index in [1.165, 1.54) is 0 Å².